The van der Waals surface area contributed by atoms with E-state index >= 15 is 0 Å². The van der Waals surface area contributed by atoms with Crippen LogP contribution in [0.3, 0.4) is 0 Å². The average molecular weight is 364 g/mol. The van der Waals surface area contributed by atoms with Crippen LogP contribution in [-0.2, 0) is 9.53 Å². The van der Waals surface area contributed by atoms with Crippen molar-refractivity contribution in [3.63, 3.8) is 0 Å². The fourth-order valence-corrected chi connectivity index (χ4v) is 2.37. The highest BCUT2D eigenvalue weighted by atomic mass is 79.9. The molecule has 4 nitrogen and oxygen atoms in total. The number of esters is 1. The molecule has 0 aliphatic rings. The minimum Gasteiger partial charge on any atom is -0.467 e. The van der Waals surface area contributed by atoms with Crippen LogP contribution in [0.1, 0.15) is 16.8 Å². The second kappa shape index (κ2) is 8.26. The molecular weight excluding hydrogens is 349 g/mol. The monoisotopic (exact) mass is 363 g/mol. The number of ether oxygens (including phenoxy) is 1. The predicted octanol–water partition coefficient (Wildman–Crippen LogP) is 2.61. The molecule has 1 N–H and O–H groups in total. The molecule has 0 radical (unpaired) electrons. The highest BCUT2D eigenvalue weighted by Crippen LogP contribution is 2.16. The van der Waals surface area contributed by atoms with Gasteiger partial charge in [-0.3, -0.25) is 4.79 Å². The Bertz CT molecular complexity index is 499. The fraction of sp³-hybridized carbons (Fsp3) is 0.385. The Labute approximate surface area is 129 Å². The molecule has 110 valence electrons. The highest BCUT2D eigenvalue weighted by Gasteiger charge is 2.23. The molecule has 0 saturated carbocycles. The van der Waals surface area contributed by atoms with Crippen molar-refractivity contribution < 1.29 is 18.7 Å². The van der Waals surface area contributed by atoms with Gasteiger partial charge in [0.1, 0.15) is 11.9 Å². The van der Waals surface area contributed by atoms with Crippen LogP contribution in [-0.4, -0.2) is 37.0 Å². The maximum absolute atomic E-state index is 13.6. The number of benzene rings is 1. The van der Waals surface area contributed by atoms with Gasteiger partial charge in [0, 0.05) is 4.47 Å². The maximum atomic E-state index is 13.6. The third-order valence-corrected chi connectivity index (χ3v) is 3.71. The van der Waals surface area contributed by atoms with Crippen LogP contribution in [0.2, 0.25) is 0 Å². The Morgan fingerprint density at radius 2 is 2.20 bits per heavy atom. The van der Waals surface area contributed by atoms with Gasteiger partial charge in [-0.2, -0.15) is 11.8 Å². The van der Waals surface area contributed by atoms with Gasteiger partial charge >= 0.3 is 5.97 Å². The quantitative estimate of drug-likeness (QED) is 0.789. The third kappa shape index (κ3) is 4.79. The second-order valence-electron chi connectivity index (χ2n) is 3.95. The van der Waals surface area contributed by atoms with Crippen molar-refractivity contribution in [3.8, 4) is 0 Å². The number of carbonyl (C=O) groups is 2. The molecule has 1 rings (SSSR count). The topological polar surface area (TPSA) is 55.4 Å². The van der Waals surface area contributed by atoms with E-state index in [4.69, 9.17) is 0 Å². The van der Waals surface area contributed by atoms with Gasteiger partial charge in [0.2, 0.25) is 0 Å². The van der Waals surface area contributed by atoms with Crippen molar-refractivity contribution in [1.29, 1.82) is 0 Å². The van der Waals surface area contributed by atoms with Crippen molar-refractivity contribution in [2.24, 2.45) is 0 Å². The van der Waals surface area contributed by atoms with Gasteiger partial charge in [0.25, 0.3) is 5.91 Å². The Balaban J connectivity index is 2.84. The first-order valence-corrected chi connectivity index (χ1v) is 8.01. The minimum absolute atomic E-state index is 0.113. The first kappa shape index (κ1) is 17.0. The molecule has 0 aromatic heterocycles. The highest BCUT2D eigenvalue weighted by molar-refractivity contribution is 9.10. The molecule has 20 heavy (non-hydrogen) atoms. The zero-order chi connectivity index (χ0) is 15.1. The first-order valence-electron chi connectivity index (χ1n) is 5.82. The van der Waals surface area contributed by atoms with Gasteiger partial charge in [-0.25, -0.2) is 9.18 Å². The number of thioether (sulfide) groups is 1. The van der Waals surface area contributed by atoms with Crippen LogP contribution in [0, 0.1) is 5.82 Å². The number of rotatable bonds is 6. The molecule has 1 aromatic rings. The number of hydrogen-bond donors (Lipinski definition) is 1. The normalized spacial score (nSPS) is 11.8. The summed E-state index contributed by atoms with van der Waals surface area (Å²) in [6, 6.07) is 3.28. The summed E-state index contributed by atoms with van der Waals surface area (Å²) in [4.78, 5) is 23.6. The SMILES string of the molecule is COC(=O)[C@H](CCSC)NC(=O)c1cc(Br)ccc1F. The van der Waals surface area contributed by atoms with E-state index in [0.29, 0.717) is 16.6 Å². The molecule has 0 bridgehead atoms. The number of amides is 1. The van der Waals surface area contributed by atoms with E-state index in [-0.39, 0.29) is 5.56 Å². The number of hydrogen-bond acceptors (Lipinski definition) is 4. The van der Waals surface area contributed by atoms with Crippen LogP contribution in [0.5, 0.6) is 0 Å². The summed E-state index contributed by atoms with van der Waals surface area (Å²) >= 11 is 4.72. The van der Waals surface area contributed by atoms with E-state index in [9.17, 15) is 14.0 Å². The molecule has 1 aromatic carbocycles. The number of halogens is 2. The van der Waals surface area contributed by atoms with E-state index in [0.717, 1.165) is 0 Å². The Kier molecular flexibility index (Phi) is 7.01. The van der Waals surface area contributed by atoms with E-state index in [2.05, 4.69) is 26.0 Å². The van der Waals surface area contributed by atoms with E-state index in [1.165, 1.54) is 25.3 Å². The molecule has 0 heterocycles. The zero-order valence-electron chi connectivity index (χ0n) is 11.1. The second-order valence-corrected chi connectivity index (χ2v) is 5.86. The lowest BCUT2D eigenvalue weighted by atomic mass is 10.1. The van der Waals surface area contributed by atoms with Crippen molar-refractivity contribution in [3.05, 3.63) is 34.1 Å². The summed E-state index contributed by atoms with van der Waals surface area (Å²) in [5.41, 5.74) is -0.113. The molecule has 0 fully saturated rings. The van der Waals surface area contributed by atoms with Gasteiger partial charge in [0.15, 0.2) is 0 Å². The lowest BCUT2D eigenvalue weighted by molar-refractivity contribution is -0.142. The summed E-state index contributed by atoms with van der Waals surface area (Å²) < 4.78 is 18.8. The van der Waals surface area contributed by atoms with Crippen LogP contribution >= 0.6 is 27.7 Å². The van der Waals surface area contributed by atoms with Gasteiger partial charge in [-0.15, -0.1) is 0 Å². The fourth-order valence-electron chi connectivity index (χ4n) is 1.53. The van der Waals surface area contributed by atoms with Crippen LogP contribution < -0.4 is 5.32 Å². The largest absolute Gasteiger partial charge is 0.467 e. The van der Waals surface area contributed by atoms with Gasteiger partial charge in [-0.1, -0.05) is 15.9 Å². The van der Waals surface area contributed by atoms with Gasteiger partial charge in [-0.05, 0) is 36.6 Å². The summed E-state index contributed by atoms with van der Waals surface area (Å²) in [6.07, 6.45) is 2.32. The zero-order valence-corrected chi connectivity index (χ0v) is 13.5. The van der Waals surface area contributed by atoms with E-state index in [1.807, 2.05) is 6.26 Å². The van der Waals surface area contributed by atoms with Crippen LogP contribution in [0.15, 0.2) is 22.7 Å². The van der Waals surface area contributed by atoms with E-state index < -0.39 is 23.7 Å². The molecule has 0 spiro atoms. The lowest BCUT2D eigenvalue weighted by Crippen LogP contribution is -2.42. The molecule has 0 unspecified atom stereocenters. The molecule has 7 heteroatoms. The standard InChI is InChI=1S/C13H15BrFNO3S/c1-19-13(18)11(5-6-20-2)16-12(17)9-7-8(14)3-4-10(9)15/h3-4,7,11H,5-6H2,1-2H3,(H,16,17)/t11-/m0/s1. The van der Waals surface area contributed by atoms with Crippen molar-refractivity contribution in [2.45, 2.75) is 12.5 Å². The molecule has 0 aliphatic heterocycles. The molecule has 1 atom stereocenters. The Hall–Kier alpha value is -1.08. The van der Waals surface area contributed by atoms with Gasteiger partial charge in [0.05, 0.1) is 12.7 Å². The molecule has 1 amide bonds. The summed E-state index contributed by atoms with van der Waals surface area (Å²) in [5.74, 6) is -1.14. The number of nitrogens with one attached hydrogen (secondary N) is 1. The maximum Gasteiger partial charge on any atom is 0.328 e. The first-order chi connectivity index (χ1) is 9.49. The molecule has 0 aliphatic carbocycles. The number of methoxy groups -OCH3 is 1. The van der Waals surface area contributed by atoms with Crippen LogP contribution in [0.4, 0.5) is 4.39 Å². The Morgan fingerprint density at radius 3 is 2.80 bits per heavy atom. The lowest BCUT2D eigenvalue weighted by Gasteiger charge is -2.16. The van der Waals surface area contributed by atoms with Crippen LogP contribution in [0.25, 0.3) is 0 Å². The summed E-state index contributed by atoms with van der Waals surface area (Å²) in [5, 5.41) is 2.50. The molecule has 0 saturated heterocycles. The predicted molar refractivity (Wildman–Crippen MR) is 80.4 cm³/mol. The Morgan fingerprint density at radius 1 is 1.50 bits per heavy atom. The third-order valence-electron chi connectivity index (χ3n) is 2.57. The molecular formula is C13H15BrFNO3S. The van der Waals surface area contributed by atoms with Gasteiger partial charge < -0.3 is 10.1 Å². The smallest absolute Gasteiger partial charge is 0.328 e. The van der Waals surface area contributed by atoms with E-state index in [1.54, 1.807) is 11.8 Å². The van der Waals surface area contributed by atoms with Crippen molar-refractivity contribution in [1.82, 2.24) is 5.32 Å². The average Bonchev–Trinajstić information content (AvgIpc) is 2.44. The summed E-state index contributed by atoms with van der Waals surface area (Å²) in [6.45, 7) is 0. The van der Waals surface area contributed by atoms with Crippen molar-refractivity contribution >= 4 is 39.6 Å². The number of carbonyl (C=O) groups excluding carboxylic acids is 2. The minimum atomic E-state index is -0.779. The van der Waals surface area contributed by atoms with Crippen molar-refractivity contribution in [2.75, 3.05) is 19.1 Å². The summed E-state index contributed by atoms with van der Waals surface area (Å²) in [7, 11) is 1.25.